The van der Waals surface area contributed by atoms with E-state index in [-0.39, 0.29) is 0 Å². The molecule has 2 aromatic heterocycles. The first-order chi connectivity index (χ1) is 10.3. The molecule has 0 amide bonds. The van der Waals surface area contributed by atoms with Crippen LogP contribution in [0.1, 0.15) is 36.3 Å². The standard InChI is InChI=1S/C15H16N4O2/c1-20-9-14-16-11-4-2-3-5-12(11)19(14)8-13-17-15(21-18-13)10-6-7-10/h2-5,10H,6-9H2,1H3. The van der Waals surface area contributed by atoms with E-state index in [1.54, 1.807) is 7.11 Å². The predicted molar refractivity (Wildman–Crippen MR) is 75.8 cm³/mol. The third kappa shape index (κ3) is 2.31. The lowest BCUT2D eigenvalue weighted by Crippen LogP contribution is -2.07. The van der Waals surface area contributed by atoms with Gasteiger partial charge in [-0.05, 0) is 25.0 Å². The number of hydrogen-bond acceptors (Lipinski definition) is 5. The Hall–Kier alpha value is -2.21. The summed E-state index contributed by atoms with van der Waals surface area (Å²) in [6.07, 6.45) is 2.31. The summed E-state index contributed by atoms with van der Waals surface area (Å²) < 4.78 is 12.6. The van der Waals surface area contributed by atoms with Crippen molar-refractivity contribution in [3.05, 3.63) is 41.8 Å². The molecule has 6 nitrogen and oxygen atoms in total. The van der Waals surface area contributed by atoms with E-state index in [0.717, 1.165) is 35.6 Å². The SMILES string of the molecule is COCc1nc2ccccc2n1Cc1noc(C2CC2)n1. The van der Waals surface area contributed by atoms with E-state index >= 15 is 0 Å². The number of nitrogens with zero attached hydrogens (tertiary/aromatic N) is 4. The average molecular weight is 284 g/mol. The monoisotopic (exact) mass is 284 g/mol. The number of fused-ring (bicyclic) bond motifs is 1. The molecular weight excluding hydrogens is 268 g/mol. The van der Waals surface area contributed by atoms with Gasteiger partial charge in [-0.15, -0.1) is 0 Å². The lowest BCUT2D eigenvalue weighted by Gasteiger charge is -2.05. The molecule has 4 rings (SSSR count). The van der Waals surface area contributed by atoms with Crippen molar-refractivity contribution in [2.24, 2.45) is 0 Å². The molecule has 21 heavy (non-hydrogen) atoms. The molecule has 2 heterocycles. The summed E-state index contributed by atoms with van der Waals surface area (Å²) in [7, 11) is 1.67. The first-order valence-electron chi connectivity index (χ1n) is 7.10. The summed E-state index contributed by atoms with van der Waals surface area (Å²) in [5, 5.41) is 4.08. The average Bonchev–Trinajstić information content (AvgIpc) is 3.15. The van der Waals surface area contributed by atoms with Crippen LogP contribution < -0.4 is 0 Å². The molecule has 0 saturated heterocycles. The number of imidazole rings is 1. The molecule has 1 aromatic carbocycles. The van der Waals surface area contributed by atoms with Crippen LogP contribution in [0.25, 0.3) is 11.0 Å². The summed E-state index contributed by atoms with van der Waals surface area (Å²) in [6.45, 7) is 1.01. The second kappa shape index (κ2) is 4.96. The molecule has 3 aromatic rings. The molecule has 0 aliphatic heterocycles. The smallest absolute Gasteiger partial charge is 0.229 e. The third-order valence-electron chi connectivity index (χ3n) is 3.72. The Morgan fingerprint density at radius 3 is 2.95 bits per heavy atom. The number of aromatic nitrogens is 4. The molecule has 1 fully saturated rings. The Morgan fingerprint density at radius 2 is 2.14 bits per heavy atom. The first-order valence-corrected chi connectivity index (χ1v) is 7.10. The van der Waals surface area contributed by atoms with Crippen molar-refractivity contribution in [3.63, 3.8) is 0 Å². The van der Waals surface area contributed by atoms with E-state index in [4.69, 9.17) is 9.26 Å². The Labute approximate surface area is 121 Å². The number of benzene rings is 1. The minimum Gasteiger partial charge on any atom is -0.377 e. The number of rotatable bonds is 5. The van der Waals surface area contributed by atoms with Crippen molar-refractivity contribution >= 4 is 11.0 Å². The van der Waals surface area contributed by atoms with Gasteiger partial charge in [0, 0.05) is 13.0 Å². The highest BCUT2D eigenvalue weighted by molar-refractivity contribution is 5.75. The molecule has 0 radical (unpaired) electrons. The van der Waals surface area contributed by atoms with Gasteiger partial charge in [0.2, 0.25) is 5.89 Å². The van der Waals surface area contributed by atoms with Crippen molar-refractivity contribution in [2.45, 2.75) is 31.9 Å². The second-order valence-electron chi connectivity index (χ2n) is 5.36. The fraction of sp³-hybridized carbons (Fsp3) is 0.400. The van der Waals surface area contributed by atoms with E-state index in [2.05, 4.69) is 19.7 Å². The van der Waals surface area contributed by atoms with Gasteiger partial charge in [-0.2, -0.15) is 4.98 Å². The quantitative estimate of drug-likeness (QED) is 0.720. The van der Waals surface area contributed by atoms with Gasteiger partial charge in [0.15, 0.2) is 5.82 Å². The topological polar surface area (TPSA) is 66.0 Å². The molecule has 1 saturated carbocycles. The number of hydrogen-bond donors (Lipinski definition) is 0. The number of ether oxygens (including phenoxy) is 1. The fourth-order valence-electron chi connectivity index (χ4n) is 2.51. The maximum Gasteiger partial charge on any atom is 0.229 e. The Kier molecular flexibility index (Phi) is 2.96. The van der Waals surface area contributed by atoms with E-state index in [1.165, 1.54) is 0 Å². The van der Waals surface area contributed by atoms with E-state index in [0.29, 0.717) is 24.9 Å². The van der Waals surface area contributed by atoms with Gasteiger partial charge >= 0.3 is 0 Å². The summed E-state index contributed by atoms with van der Waals surface area (Å²) in [5.41, 5.74) is 2.01. The zero-order valence-corrected chi connectivity index (χ0v) is 11.8. The van der Waals surface area contributed by atoms with Crippen LogP contribution in [0.15, 0.2) is 28.8 Å². The highest BCUT2D eigenvalue weighted by Crippen LogP contribution is 2.38. The molecule has 108 valence electrons. The Balaban J connectivity index is 1.71. The lowest BCUT2D eigenvalue weighted by atomic mass is 10.3. The van der Waals surface area contributed by atoms with E-state index in [1.807, 2.05) is 24.3 Å². The van der Waals surface area contributed by atoms with Gasteiger partial charge in [0.25, 0.3) is 0 Å². The summed E-state index contributed by atoms with van der Waals surface area (Å²) in [4.78, 5) is 9.09. The largest absolute Gasteiger partial charge is 0.377 e. The van der Waals surface area contributed by atoms with Crippen LogP contribution in [0, 0.1) is 0 Å². The Morgan fingerprint density at radius 1 is 1.29 bits per heavy atom. The van der Waals surface area contributed by atoms with Gasteiger partial charge in [0.05, 0.1) is 17.6 Å². The third-order valence-corrected chi connectivity index (χ3v) is 3.72. The van der Waals surface area contributed by atoms with Crippen LogP contribution in [-0.4, -0.2) is 26.8 Å². The zero-order chi connectivity index (χ0) is 14.2. The maximum atomic E-state index is 5.32. The summed E-state index contributed by atoms with van der Waals surface area (Å²) in [6, 6.07) is 8.03. The van der Waals surface area contributed by atoms with Crippen LogP contribution in [-0.2, 0) is 17.9 Å². The molecule has 1 aliphatic rings. The highest BCUT2D eigenvalue weighted by atomic mass is 16.5. The number of para-hydroxylation sites is 2. The van der Waals surface area contributed by atoms with Crippen molar-refractivity contribution in [3.8, 4) is 0 Å². The van der Waals surface area contributed by atoms with Crippen LogP contribution in [0.5, 0.6) is 0 Å². The second-order valence-corrected chi connectivity index (χ2v) is 5.36. The zero-order valence-electron chi connectivity index (χ0n) is 11.8. The van der Waals surface area contributed by atoms with Gasteiger partial charge < -0.3 is 13.8 Å². The van der Waals surface area contributed by atoms with Crippen molar-refractivity contribution < 1.29 is 9.26 Å². The molecule has 6 heteroatoms. The molecule has 0 N–H and O–H groups in total. The normalized spacial score (nSPS) is 14.9. The van der Waals surface area contributed by atoms with E-state index < -0.39 is 0 Å². The van der Waals surface area contributed by atoms with Crippen LogP contribution in [0.2, 0.25) is 0 Å². The van der Waals surface area contributed by atoms with Crippen molar-refractivity contribution in [1.82, 2.24) is 19.7 Å². The molecular formula is C15H16N4O2. The maximum absolute atomic E-state index is 5.32. The lowest BCUT2D eigenvalue weighted by molar-refractivity contribution is 0.175. The molecule has 0 spiro atoms. The number of methoxy groups -OCH3 is 1. The fourth-order valence-corrected chi connectivity index (χ4v) is 2.51. The molecule has 1 aliphatic carbocycles. The minimum atomic E-state index is 0.460. The predicted octanol–water partition coefficient (Wildman–Crippen LogP) is 2.49. The van der Waals surface area contributed by atoms with Crippen LogP contribution in [0.3, 0.4) is 0 Å². The molecule has 0 bridgehead atoms. The van der Waals surface area contributed by atoms with Gasteiger partial charge in [-0.25, -0.2) is 4.98 Å². The van der Waals surface area contributed by atoms with Crippen molar-refractivity contribution in [1.29, 1.82) is 0 Å². The first kappa shape index (κ1) is 12.5. The molecule has 0 atom stereocenters. The summed E-state index contributed by atoms with van der Waals surface area (Å²) >= 11 is 0. The van der Waals surface area contributed by atoms with Gasteiger partial charge in [-0.1, -0.05) is 17.3 Å². The Bertz CT molecular complexity index is 773. The minimum absolute atomic E-state index is 0.460. The van der Waals surface area contributed by atoms with Gasteiger partial charge in [-0.3, -0.25) is 0 Å². The van der Waals surface area contributed by atoms with Crippen LogP contribution in [0.4, 0.5) is 0 Å². The molecule has 0 unspecified atom stereocenters. The summed E-state index contributed by atoms with van der Waals surface area (Å²) in [5.74, 6) is 2.81. The van der Waals surface area contributed by atoms with Gasteiger partial charge in [0.1, 0.15) is 12.4 Å². The van der Waals surface area contributed by atoms with E-state index in [9.17, 15) is 0 Å². The van der Waals surface area contributed by atoms with Crippen molar-refractivity contribution in [2.75, 3.05) is 7.11 Å². The van der Waals surface area contributed by atoms with Crippen LogP contribution >= 0.6 is 0 Å². The highest BCUT2D eigenvalue weighted by Gasteiger charge is 2.29.